The zero-order valence-electron chi connectivity index (χ0n) is 28.3. The normalized spacial score (nSPS) is 27.0. The summed E-state index contributed by atoms with van der Waals surface area (Å²) < 4.78 is 6.17. The summed E-state index contributed by atoms with van der Waals surface area (Å²) in [5, 5.41) is 13.7. The third kappa shape index (κ3) is 7.40. The number of benzene rings is 1. The van der Waals surface area contributed by atoms with Crippen molar-refractivity contribution in [3.8, 4) is 0 Å². The molecule has 0 spiro atoms. The highest BCUT2D eigenvalue weighted by Crippen LogP contribution is 2.31. The van der Waals surface area contributed by atoms with E-state index in [1.807, 2.05) is 58.0 Å². The van der Waals surface area contributed by atoms with Crippen molar-refractivity contribution in [2.24, 2.45) is 16.8 Å². The molecule has 3 aliphatic heterocycles. The maximum Gasteiger partial charge on any atom is 0.271 e. The van der Waals surface area contributed by atoms with E-state index in [2.05, 4.69) is 25.9 Å². The molecule has 3 N–H and O–H groups in total. The number of hydrogen-bond donors (Lipinski definition) is 3. The van der Waals surface area contributed by atoms with Crippen LogP contribution in [0, 0.1) is 11.8 Å². The summed E-state index contributed by atoms with van der Waals surface area (Å²) in [7, 11) is 0. The first-order chi connectivity index (χ1) is 23.5. The Bertz CT molecular complexity index is 1720. The van der Waals surface area contributed by atoms with Crippen LogP contribution in [0.1, 0.15) is 103 Å². The fourth-order valence-corrected chi connectivity index (χ4v) is 8.46. The molecule has 5 heterocycles. The minimum absolute atomic E-state index is 0.00816. The van der Waals surface area contributed by atoms with E-state index >= 15 is 0 Å². The van der Waals surface area contributed by atoms with Crippen molar-refractivity contribution >= 4 is 52.2 Å². The fourth-order valence-electron chi connectivity index (χ4n) is 6.45. The molecule has 0 aliphatic carbocycles. The van der Waals surface area contributed by atoms with E-state index in [-0.39, 0.29) is 47.4 Å². The molecule has 260 valence electrons. The molecular weight excluding hydrogens is 663 g/mol. The topological polar surface area (TPSA) is 155 Å². The number of hydrogen-bond acceptors (Lipinski definition) is 10. The van der Waals surface area contributed by atoms with Gasteiger partial charge in [-0.15, -0.1) is 22.7 Å². The lowest BCUT2D eigenvalue weighted by atomic mass is 9.99. The molecule has 2 aromatic heterocycles. The minimum Gasteiger partial charge on any atom is -0.474 e. The highest BCUT2D eigenvalue weighted by atomic mass is 32.1. The van der Waals surface area contributed by atoms with Crippen LogP contribution in [0.4, 0.5) is 0 Å². The lowest BCUT2D eigenvalue weighted by Gasteiger charge is -2.29. The van der Waals surface area contributed by atoms with E-state index in [1.54, 1.807) is 22.6 Å². The van der Waals surface area contributed by atoms with Gasteiger partial charge in [-0.25, -0.2) is 15.0 Å². The summed E-state index contributed by atoms with van der Waals surface area (Å²) in [6.07, 6.45) is 1.84. The number of aromatic nitrogens is 2. The number of fused-ring (bicyclic) bond motifs is 7. The number of ether oxygens (including phenoxy) is 1. The van der Waals surface area contributed by atoms with Crippen molar-refractivity contribution in [1.29, 1.82) is 0 Å². The molecule has 4 amide bonds. The summed E-state index contributed by atoms with van der Waals surface area (Å²) in [6, 6.07) is 6.46. The quantitative estimate of drug-likeness (QED) is 0.354. The first-order valence-corrected chi connectivity index (χ1v) is 18.7. The number of carbonyl (C=O) groups is 4. The Morgan fingerprint density at radius 1 is 0.918 bits per heavy atom. The van der Waals surface area contributed by atoms with Gasteiger partial charge in [-0.3, -0.25) is 19.2 Å². The van der Waals surface area contributed by atoms with Crippen molar-refractivity contribution < 1.29 is 23.9 Å². The van der Waals surface area contributed by atoms with Crippen molar-refractivity contribution in [1.82, 2.24) is 30.8 Å². The standard InChI is InChI=1S/C35H43N7O5S2/c1-6-19(4)27-34-38-23(16-49-34)29(43)36-22(15-21-11-8-7-9-12-21)35(46)42-14-10-13-25(42)32-41-28(20(5)47-32)31(45)39-26(18(2)3)33-37-24(17-48-33)30(44)40-27/h7-9,11-12,16-20,22,25-28H,6,10,13-15H2,1-5H3,(H,36,43)(H,39,45)(H,40,44)/t19?,20-,22+,25+,26+,27-,28?/m1/s1. The fraction of sp³-hybridized carbons (Fsp3) is 0.514. The van der Waals surface area contributed by atoms with E-state index in [0.717, 1.165) is 18.4 Å². The number of aliphatic imine (C=N–C) groups is 1. The van der Waals surface area contributed by atoms with E-state index in [9.17, 15) is 19.2 Å². The van der Waals surface area contributed by atoms with Crippen LogP contribution in [-0.2, 0) is 20.7 Å². The zero-order chi connectivity index (χ0) is 34.8. The summed E-state index contributed by atoms with van der Waals surface area (Å²) in [5.74, 6) is -1.07. The predicted molar refractivity (Wildman–Crippen MR) is 188 cm³/mol. The van der Waals surface area contributed by atoms with Gasteiger partial charge in [-0.05, 0) is 37.2 Å². The molecule has 14 heteroatoms. The molecule has 7 atom stereocenters. The zero-order valence-corrected chi connectivity index (χ0v) is 30.0. The SMILES string of the molecule is CCC(C)[C@H]1NC(=O)c2csc(n2)[C@H](C(C)C)NC(=O)C2N=C(O[C@@H]2C)[C@@H]2CCCN2C(=O)[C@H](Cc2ccccc2)NC(=O)c2csc1n2. The number of nitrogens with zero attached hydrogens (tertiary/aromatic N) is 4. The number of thiazole rings is 2. The predicted octanol–water partition coefficient (Wildman–Crippen LogP) is 4.46. The molecule has 0 radical (unpaired) electrons. The summed E-state index contributed by atoms with van der Waals surface area (Å²) >= 11 is 2.61. The molecule has 6 rings (SSSR count). The van der Waals surface area contributed by atoms with Crippen LogP contribution in [0.5, 0.6) is 0 Å². The molecule has 12 nitrogen and oxygen atoms in total. The Balaban J connectivity index is 1.39. The second-order valence-electron chi connectivity index (χ2n) is 13.3. The highest BCUT2D eigenvalue weighted by Gasteiger charge is 2.43. The highest BCUT2D eigenvalue weighted by molar-refractivity contribution is 7.10. The van der Waals surface area contributed by atoms with E-state index in [4.69, 9.17) is 9.73 Å². The third-order valence-electron chi connectivity index (χ3n) is 9.50. The average molecular weight is 706 g/mol. The molecule has 6 bridgehead atoms. The Hall–Kier alpha value is -4.17. The smallest absolute Gasteiger partial charge is 0.271 e. The molecule has 3 aromatic rings. The number of amides is 4. The van der Waals surface area contributed by atoms with E-state index in [0.29, 0.717) is 28.9 Å². The minimum atomic E-state index is -0.885. The maximum absolute atomic E-state index is 14.3. The Morgan fingerprint density at radius 3 is 2.22 bits per heavy atom. The van der Waals surface area contributed by atoms with Crippen molar-refractivity contribution in [2.45, 2.75) is 96.6 Å². The third-order valence-corrected chi connectivity index (χ3v) is 11.4. The van der Waals surface area contributed by atoms with Crippen molar-refractivity contribution in [3.63, 3.8) is 0 Å². The van der Waals surface area contributed by atoms with Gasteiger partial charge in [0.05, 0.1) is 12.1 Å². The van der Waals surface area contributed by atoms with E-state index < -0.39 is 42.2 Å². The van der Waals surface area contributed by atoms with Crippen LogP contribution in [0.15, 0.2) is 46.1 Å². The van der Waals surface area contributed by atoms with E-state index in [1.165, 1.54) is 22.7 Å². The van der Waals surface area contributed by atoms with Crippen molar-refractivity contribution in [2.75, 3.05) is 6.54 Å². The van der Waals surface area contributed by atoms with Crippen LogP contribution in [0.3, 0.4) is 0 Å². The Kier molecular flexibility index (Phi) is 10.4. The van der Waals surface area contributed by atoms with Crippen LogP contribution in [-0.4, -0.2) is 75.2 Å². The molecule has 1 aromatic carbocycles. The Labute approximate surface area is 294 Å². The van der Waals surface area contributed by atoms with Crippen LogP contribution in [0.25, 0.3) is 0 Å². The van der Waals surface area contributed by atoms with Gasteiger partial charge in [0.1, 0.15) is 39.6 Å². The lowest BCUT2D eigenvalue weighted by Crippen LogP contribution is -2.52. The summed E-state index contributed by atoms with van der Waals surface area (Å²) in [4.78, 5) is 71.1. The molecule has 1 fully saturated rings. The maximum atomic E-state index is 14.3. The number of nitrogens with one attached hydrogen (secondary N) is 3. The largest absolute Gasteiger partial charge is 0.474 e. The van der Waals surface area contributed by atoms with Gasteiger partial charge < -0.3 is 25.6 Å². The molecule has 49 heavy (non-hydrogen) atoms. The first-order valence-electron chi connectivity index (χ1n) is 17.0. The van der Waals surface area contributed by atoms with Crippen LogP contribution in [0.2, 0.25) is 0 Å². The Morgan fingerprint density at radius 2 is 1.57 bits per heavy atom. The molecular formula is C35H43N7O5S2. The molecule has 3 aliphatic rings. The first kappa shape index (κ1) is 34.7. The average Bonchev–Trinajstić information content (AvgIpc) is 3.91. The summed E-state index contributed by atoms with van der Waals surface area (Å²) in [6.45, 7) is 10.3. The lowest BCUT2D eigenvalue weighted by molar-refractivity contribution is -0.133. The second kappa shape index (κ2) is 14.8. The van der Waals surface area contributed by atoms with Crippen LogP contribution < -0.4 is 16.0 Å². The molecule has 2 unspecified atom stereocenters. The van der Waals surface area contributed by atoms with Gasteiger partial charge in [0.2, 0.25) is 17.7 Å². The van der Waals surface area contributed by atoms with Crippen molar-refractivity contribution in [3.05, 3.63) is 68.1 Å². The van der Waals surface area contributed by atoms with Gasteiger partial charge in [-0.2, -0.15) is 0 Å². The van der Waals surface area contributed by atoms with Gasteiger partial charge in [0.15, 0.2) is 6.04 Å². The molecule has 1 saturated heterocycles. The van der Waals surface area contributed by atoms with Crippen LogP contribution >= 0.6 is 22.7 Å². The van der Waals surface area contributed by atoms with Gasteiger partial charge in [-0.1, -0.05) is 64.4 Å². The number of carbonyl (C=O) groups excluding carboxylic acids is 4. The number of rotatable bonds is 5. The monoisotopic (exact) mass is 705 g/mol. The van der Waals surface area contributed by atoms with Gasteiger partial charge >= 0.3 is 0 Å². The van der Waals surface area contributed by atoms with Gasteiger partial charge in [0.25, 0.3) is 11.8 Å². The molecule has 0 saturated carbocycles. The van der Waals surface area contributed by atoms with Gasteiger partial charge in [0, 0.05) is 23.7 Å². The second-order valence-corrected chi connectivity index (χ2v) is 15.1. The summed E-state index contributed by atoms with van der Waals surface area (Å²) in [5.41, 5.74) is 1.32.